The molecule has 1 aromatic carbocycles. The van der Waals surface area contributed by atoms with Crippen LogP contribution in [0.3, 0.4) is 0 Å². The Labute approximate surface area is 148 Å². The van der Waals surface area contributed by atoms with Crippen LogP contribution in [-0.4, -0.2) is 22.8 Å². The van der Waals surface area contributed by atoms with Crippen molar-refractivity contribution in [1.82, 2.24) is 10.3 Å². The molecule has 1 aliphatic heterocycles. The third-order valence-corrected chi connectivity index (χ3v) is 4.70. The van der Waals surface area contributed by atoms with E-state index >= 15 is 0 Å². The predicted molar refractivity (Wildman–Crippen MR) is 97.0 cm³/mol. The van der Waals surface area contributed by atoms with E-state index in [0.717, 1.165) is 23.2 Å². The van der Waals surface area contributed by atoms with Gasteiger partial charge in [0.05, 0.1) is 0 Å². The molecule has 1 aromatic heterocycles. The van der Waals surface area contributed by atoms with E-state index in [1.165, 1.54) is 0 Å². The van der Waals surface area contributed by atoms with Gasteiger partial charge in [-0.25, -0.2) is 0 Å². The van der Waals surface area contributed by atoms with Crippen molar-refractivity contribution < 1.29 is 9.59 Å². The molecule has 3 rings (SSSR count). The average Bonchev–Trinajstić information content (AvgIpc) is 2.95. The fourth-order valence-electron chi connectivity index (χ4n) is 3.18. The zero-order valence-electron chi connectivity index (χ0n) is 14.8. The molecule has 0 aliphatic carbocycles. The Balaban J connectivity index is 1.75. The highest BCUT2D eigenvalue weighted by Crippen LogP contribution is 2.35. The molecule has 2 heterocycles. The van der Waals surface area contributed by atoms with Crippen molar-refractivity contribution in [1.29, 1.82) is 0 Å². The second-order valence-electron chi connectivity index (χ2n) is 7.03. The minimum absolute atomic E-state index is 0.0512. The molecule has 0 saturated carbocycles. The van der Waals surface area contributed by atoms with Crippen molar-refractivity contribution in [2.45, 2.75) is 39.8 Å². The molecule has 1 atom stereocenters. The van der Waals surface area contributed by atoms with Gasteiger partial charge < -0.3 is 10.2 Å². The molecule has 2 amide bonds. The van der Waals surface area contributed by atoms with E-state index < -0.39 is 5.41 Å². The van der Waals surface area contributed by atoms with E-state index in [1.54, 1.807) is 31.1 Å². The van der Waals surface area contributed by atoms with Crippen molar-refractivity contribution in [3.05, 3.63) is 59.9 Å². The summed E-state index contributed by atoms with van der Waals surface area (Å²) in [4.78, 5) is 31.6. The summed E-state index contributed by atoms with van der Waals surface area (Å²) in [6.07, 6.45) is 4.20. The summed E-state index contributed by atoms with van der Waals surface area (Å²) in [7, 11) is 0. The Morgan fingerprint density at radius 2 is 2.00 bits per heavy atom. The number of para-hydroxylation sites is 1. The summed E-state index contributed by atoms with van der Waals surface area (Å²) in [5.41, 5.74) is 1.82. The summed E-state index contributed by atoms with van der Waals surface area (Å²) in [5, 5.41) is 2.86. The molecule has 25 heavy (non-hydrogen) atoms. The topological polar surface area (TPSA) is 62.3 Å². The van der Waals surface area contributed by atoms with Crippen LogP contribution >= 0.6 is 0 Å². The summed E-state index contributed by atoms with van der Waals surface area (Å²) in [6, 6.07) is 11.6. The van der Waals surface area contributed by atoms with Crippen molar-refractivity contribution in [3.63, 3.8) is 0 Å². The number of aromatic nitrogens is 1. The van der Waals surface area contributed by atoms with Gasteiger partial charge in [0.2, 0.25) is 11.8 Å². The number of anilines is 1. The van der Waals surface area contributed by atoms with Crippen LogP contribution in [0.4, 0.5) is 5.69 Å². The molecule has 0 spiro atoms. The first-order valence-corrected chi connectivity index (χ1v) is 8.50. The van der Waals surface area contributed by atoms with Crippen molar-refractivity contribution >= 4 is 17.5 Å². The molecule has 2 aromatic rings. The van der Waals surface area contributed by atoms with Crippen molar-refractivity contribution in [2.24, 2.45) is 5.41 Å². The molecule has 0 saturated heterocycles. The van der Waals surface area contributed by atoms with Crippen LogP contribution in [0.25, 0.3) is 0 Å². The van der Waals surface area contributed by atoms with E-state index in [1.807, 2.05) is 43.3 Å². The Morgan fingerprint density at radius 3 is 2.72 bits per heavy atom. The Morgan fingerprint density at radius 1 is 1.24 bits per heavy atom. The van der Waals surface area contributed by atoms with Crippen LogP contribution in [0.5, 0.6) is 0 Å². The molecule has 0 fully saturated rings. The highest BCUT2D eigenvalue weighted by atomic mass is 16.2. The third-order valence-electron chi connectivity index (χ3n) is 4.70. The average molecular weight is 337 g/mol. The van der Waals surface area contributed by atoms with Crippen LogP contribution in [0.2, 0.25) is 0 Å². The molecule has 1 aliphatic rings. The number of pyridine rings is 1. The number of benzene rings is 1. The fraction of sp³-hybridized carbons (Fsp3) is 0.350. The minimum Gasteiger partial charge on any atom is -0.351 e. The van der Waals surface area contributed by atoms with Crippen LogP contribution in [0.1, 0.15) is 31.9 Å². The van der Waals surface area contributed by atoms with Crippen LogP contribution < -0.4 is 10.2 Å². The third kappa shape index (κ3) is 3.27. The van der Waals surface area contributed by atoms with E-state index in [-0.39, 0.29) is 17.9 Å². The smallest absolute Gasteiger partial charge is 0.242 e. The first kappa shape index (κ1) is 17.1. The zero-order valence-corrected chi connectivity index (χ0v) is 14.8. The highest BCUT2D eigenvalue weighted by Gasteiger charge is 2.43. The number of fused-ring (bicyclic) bond motifs is 1. The lowest BCUT2D eigenvalue weighted by Crippen LogP contribution is -2.51. The first-order chi connectivity index (χ1) is 11.9. The van der Waals surface area contributed by atoms with Gasteiger partial charge in [0.1, 0.15) is 5.41 Å². The molecule has 0 radical (unpaired) electrons. The van der Waals surface area contributed by atoms with Gasteiger partial charge in [0.25, 0.3) is 0 Å². The van der Waals surface area contributed by atoms with Crippen molar-refractivity contribution in [3.8, 4) is 0 Å². The number of hydrogen-bond acceptors (Lipinski definition) is 3. The molecule has 1 N–H and O–H groups in total. The van der Waals surface area contributed by atoms with Gasteiger partial charge in [-0.05, 0) is 50.5 Å². The minimum atomic E-state index is -1.14. The number of amides is 2. The molecular formula is C20H23N3O2. The maximum absolute atomic E-state index is 13.1. The normalized spacial score (nSPS) is 16.4. The van der Waals surface area contributed by atoms with E-state index in [9.17, 15) is 9.59 Å². The molecule has 0 bridgehead atoms. The molecule has 5 heteroatoms. The van der Waals surface area contributed by atoms with E-state index in [0.29, 0.717) is 6.54 Å². The fourth-order valence-corrected chi connectivity index (χ4v) is 3.18. The van der Waals surface area contributed by atoms with Gasteiger partial charge in [-0.1, -0.05) is 24.3 Å². The quantitative estimate of drug-likeness (QED) is 0.873. The van der Waals surface area contributed by atoms with E-state index in [2.05, 4.69) is 10.3 Å². The molecule has 5 nitrogen and oxygen atoms in total. The van der Waals surface area contributed by atoms with Crippen LogP contribution in [-0.2, 0) is 22.6 Å². The standard InChI is InChI=1S/C20H23N3O2/c1-14-11-16-8-4-5-9-17(16)23(14)19(25)20(2,3)18(24)22-13-15-7-6-10-21-12-15/h4-10,12,14H,11,13H2,1-3H3,(H,22,24). The summed E-state index contributed by atoms with van der Waals surface area (Å²) in [6.45, 7) is 5.74. The number of carbonyl (C=O) groups excluding carboxylic acids is 2. The van der Waals surface area contributed by atoms with E-state index in [4.69, 9.17) is 0 Å². The maximum atomic E-state index is 13.1. The lowest BCUT2D eigenvalue weighted by Gasteiger charge is -2.31. The Kier molecular flexibility index (Phi) is 4.57. The Hall–Kier alpha value is -2.69. The van der Waals surface area contributed by atoms with Gasteiger partial charge in [0.15, 0.2) is 0 Å². The molecular weight excluding hydrogens is 314 g/mol. The summed E-state index contributed by atoms with van der Waals surface area (Å²) in [5.74, 6) is -0.452. The van der Waals surface area contributed by atoms with Gasteiger partial charge >= 0.3 is 0 Å². The lowest BCUT2D eigenvalue weighted by molar-refractivity contribution is -0.140. The molecule has 130 valence electrons. The van der Waals surface area contributed by atoms with Gasteiger partial charge in [-0.15, -0.1) is 0 Å². The monoisotopic (exact) mass is 337 g/mol. The predicted octanol–water partition coefficient (Wildman–Crippen LogP) is 2.70. The number of rotatable bonds is 4. The lowest BCUT2D eigenvalue weighted by atomic mass is 9.89. The summed E-state index contributed by atoms with van der Waals surface area (Å²) < 4.78 is 0. The zero-order chi connectivity index (χ0) is 18.0. The number of carbonyl (C=O) groups is 2. The molecule has 1 unspecified atom stereocenters. The SMILES string of the molecule is CC1Cc2ccccc2N1C(=O)C(C)(C)C(=O)NCc1cccnc1. The number of hydrogen-bond donors (Lipinski definition) is 1. The Bertz CT molecular complexity index is 787. The largest absolute Gasteiger partial charge is 0.351 e. The second-order valence-corrected chi connectivity index (χ2v) is 7.03. The maximum Gasteiger partial charge on any atom is 0.242 e. The van der Waals surface area contributed by atoms with Gasteiger partial charge in [-0.3, -0.25) is 14.6 Å². The number of nitrogens with zero attached hydrogens (tertiary/aromatic N) is 2. The van der Waals surface area contributed by atoms with Gasteiger partial charge in [0, 0.05) is 30.7 Å². The van der Waals surface area contributed by atoms with Crippen LogP contribution in [0.15, 0.2) is 48.8 Å². The first-order valence-electron chi connectivity index (χ1n) is 8.50. The van der Waals surface area contributed by atoms with Gasteiger partial charge in [-0.2, -0.15) is 0 Å². The van der Waals surface area contributed by atoms with Crippen LogP contribution in [0, 0.1) is 5.41 Å². The highest BCUT2D eigenvalue weighted by molar-refractivity contribution is 6.12. The summed E-state index contributed by atoms with van der Waals surface area (Å²) >= 11 is 0. The number of nitrogens with one attached hydrogen (secondary N) is 1. The second kappa shape index (κ2) is 6.67. The van der Waals surface area contributed by atoms with Crippen molar-refractivity contribution in [2.75, 3.05) is 4.90 Å².